The highest BCUT2D eigenvalue weighted by Crippen LogP contribution is 2.40. The first kappa shape index (κ1) is 25.8. The van der Waals surface area contributed by atoms with E-state index in [1.165, 1.54) is 0 Å². The maximum atomic E-state index is 12.8. The minimum Gasteiger partial charge on any atom is -0.497 e. The first-order valence-electron chi connectivity index (χ1n) is 12.1. The molecule has 0 fully saturated rings. The topological polar surface area (TPSA) is 103 Å². The summed E-state index contributed by atoms with van der Waals surface area (Å²) < 4.78 is 13.1. The number of pyridine rings is 1. The van der Waals surface area contributed by atoms with Gasteiger partial charge < -0.3 is 19.8 Å². The van der Waals surface area contributed by atoms with Crippen LogP contribution in [-0.2, 0) is 0 Å². The van der Waals surface area contributed by atoms with E-state index in [9.17, 15) is 10.1 Å². The molecule has 2 heterocycles. The Morgan fingerprint density at radius 2 is 1.69 bits per heavy atom. The van der Waals surface area contributed by atoms with Crippen molar-refractivity contribution in [3.63, 3.8) is 0 Å². The molecule has 0 aliphatic rings. The first-order valence-corrected chi connectivity index (χ1v) is 12.5. The highest BCUT2D eigenvalue weighted by atomic mass is 35.5. The number of aromatic nitrogens is 2. The molecule has 0 atom stereocenters. The SMILES string of the molecule is COc1ccc(-c2cc(-c3cc4c(cc3OC)c(C(C)=O)c(C)n4-c3ccc(Cl)cc3)nc(N)c2C#N)cc1. The number of carbonyl (C=O) groups excluding carboxylic acids is 1. The molecular weight excluding hydrogens is 512 g/mol. The van der Waals surface area contributed by atoms with E-state index in [0.717, 1.165) is 27.8 Å². The van der Waals surface area contributed by atoms with Gasteiger partial charge >= 0.3 is 0 Å². The van der Waals surface area contributed by atoms with Gasteiger partial charge in [0.05, 0.1) is 25.4 Å². The maximum Gasteiger partial charge on any atom is 0.162 e. The van der Waals surface area contributed by atoms with Crippen LogP contribution in [0.2, 0.25) is 5.02 Å². The average molecular weight is 537 g/mol. The number of anilines is 1. The van der Waals surface area contributed by atoms with Crippen LogP contribution in [0.1, 0.15) is 28.5 Å². The lowest BCUT2D eigenvalue weighted by Crippen LogP contribution is -2.01. The van der Waals surface area contributed by atoms with Crippen molar-refractivity contribution < 1.29 is 14.3 Å². The molecule has 39 heavy (non-hydrogen) atoms. The van der Waals surface area contributed by atoms with Gasteiger partial charge in [-0.05, 0) is 74.0 Å². The molecule has 3 aromatic carbocycles. The quantitative estimate of drug-likeness (QED) is 0.234. The van der Waals surface area contributed by atoms with Gasteiger partial charge in [0.25, 0.3) is 0 Å². The normalized spacial score (nSPS) is 10.9. The highest BCUT2D eigenvalue weighted by molar-refractivity contribution is 6.30. The van der Waals surface area contributed by atoms with Crippen molar-refractivity contribution in [2.24, 2.45) is 0 Å². The van der Waals surface area contributed by atoms with Crippen LogP contribution < -0.4 is 15.2 Å². The Morgan fingerprint density at radius 1 is 1.00 bits per heavy atom. The zero-order valence-electron chi connectivity index (χ0n) is 21.9. The number of nitrogens with two attached hydrogens (primary N) is 1. The second kappa shape index (κ2) is 10.2. The number of nitrogen functional groups attached to an aromatic ring is 1. The molecule has 194 valence electrons. The second-order valence-corrected chi connectivity index (χ2v) is 9.49. The van der Waals surface area contributed by atoms with Crippen molar-refractivity contribution >= 4 is 34.1 Å². The third kappa shape index (κ3) is 4.45. The van der Waals surface area contributed by atoms with Crippen LogP contribution in [0.15, 0.2) is 66.7 Å². The summed E-state index contributed by atoms with van der Waals surface area (Å²) in [5, 5.41) is 11.2. The van der Waals surface area contributed by atoms with Gasteiger partial charge in [-0.25, -0.2) is 4.98 Å². The fourth-order valence-electron chi connectivity index (χ4n) is 5.00. The number of hydrogen-bond donors (Lipinski definition) is 1. The molecule has 0 amide bonds. The van der Waals surface area contributed by atoms with Gasteiger partial charge in [0.15, 0.2) is 5.78 Å². The Hall–Kier alpha value is -4.80. The molecule has 5 aromatic rings. The fourth-order valence-corrected chi connectivity index (χ4v) is 5.12. The highest BCUT2D eigenvalue weighted by Gasteiger charge is 2.23. The van der Waals surface area contributed by atoms with Gasteiger partial charge in [0.1, 0.15) is 28.9 Å². The predicted molar refractivity (Wildman–Crippen MR) is 154 cm³/mol. The van der Waals surface area contributed by atoms with Gasteiger partial charge in [0.2, 0.25) is 0 Å². The summed E-state index contributed by atoms with van der Waals surface area (Å²) in [7, 11) is 3.17. The molecule has 0 radical (unpaired) electrons. The minimum absolute atomic E-state index is 0.0532. The Bertz CT molecular complexity index is 1780. The van der Waals surface area contributed by atoms with Crippen molar-refractivity contribution in [2.75, 3.05) is 20.0 Å². The summed E-state index contributed by atoms with van der Waals surface area (Å²) in [5.41, 5.74) is 12.3. The van der Waals surface area contributed by atoms with Gasteiger partial charge in [-0.15, -0.1) is 0 Å². The number of carbonyl (C=O) groups is 1. The van der Waals surface area contributed by atoms with Gasteiger partial charge in [0, 0.05) is 38.5 Å². The van der Waals surface area contributed by atoms with Crippen LogP contribution in [0.3, 0.4) is 0 Å². The Kier molecular flexibility index (Phi) is 6.73. The number of methoxy groups -OCH3 is 2. The number of nitriles is 1. The van der Waals surface area contributed by atoms with E-state index < -0.39 is 0 Å². The molecular formula is C31H25ClN4O3. The van der Waals surface area contributed by atoms with Crippen LogP contribution in [-0.4, -0.2) is 29.6 Å². The van der Waals surface area contributed by atoms with Crippen molar-refractivity contribution in [3.05, 3.63) is 88.6 Å². The zero-order valence-corrected chi connectivity index (χ0v) is 22.6. The average Bonchev–Trinajstić information content (AvgIpc) is 3.23. The van der Waals surface area contributed by atoms with Crippen molar-refractivity contribution in [2.45, 2.75) is 13.8 Å². The summed E-state index contributed by atoms with van der Waals surface area (Å²) in [6.07, 6.45) is 0. The predicted octanol–water partition coefficient (Wildman–Crippen LogP) is 7.00. The van der Waals surface area contributed by atoms with E-state index in [4.69, 9.17) is 26.8 Å². The van der Waals surface area contributed by atoms with E-state index in [2.05, 4.69) is 11.1 Å². The van der Waals surface area contributed by atoms with Crippen LogP contribution in [0.25, 0.3) is 39.0 Å². The smallest absolute Gasteiger partial charge is 0.162 e. The number of benzene rings is 3. The molecule has 0 saturated heterocycles. The standard InChI is InChI=1S/C31H25ClN4O3/c1-17-30(18(2)37)25-15-29(39-4)24(14-28(25)36(17)21-9-7-20(32)8-10-21)27-13-23(26(16-33)31(34)35-27)19-5-11-22(38-3)12-6-19/h5-15H,1-4H3,(H2,34,35). The number of ether oxygens (including phenoxy) is 2. The molecule has 5 rings (SSSR count). The number of fused-ring (bicyclic) bond motifs is 1. The summed E-state index contributed by atoms with van der Waals surface area (Å²) in [6, 6.07) is 22.6. The molecule has 0 saturated carbocycles. The number of ketones is 1. The Balaban J connectivity index is 1.81. The largest absolute Gasteiger partial charge is 0.497 e. The summed E-state index contributed by atoms with van der Waals surface area (Å²) >= 11 is 6.15. The lowest BCUT2D eigenvalue weighted by Gasteiger charge is -2.14. The lowest BCUT2D eigenvalue weighted by molar-refractivity contribution is 0.101. The number of nitrogens with zero attached hydrogens (tertiary/aromatic N) is 3. The van der Waals surface area contributed by atoms with Crippen LogP contribution in [0.4, 0.5) is 5.82 Å². The van der Waals surface area contributed by atoms with Gasteiger partial charge in [-0.2, -0.15) is 5.26 Å². The molecule has 0 aliphatic heterocycles. The summed E-state index contributed by atoms with van der Waals surface area (Å²) in [6.45, 7) is 3.47. The molecule has 2 N–H and O–H groups in total. The van der Waals surface area contributed by atoms with Crippen LogP contribution >= 0.6 is 11.6 Å². The second-order valence-electron chi connectivity index (χ2n) is 9.05. The van der Waals surface area contributed by atoms with Crippen molar-refractivity contribution in [1.82, 2.24) is 9.55 Å². The summed E-state index contributed by atoms with van der Waals surface area (Å²) in [4.78, 5) is 17.3. The number of halogens is 1. The molecule has 8 heteroatoms. The summed E-state index contributed by atoms with van der Waals surface area (Å²) in [5.74, 6) is 1.28. The van der Waals surface area contributed by atoms with Crippen molar-refractivity contribution in [3.8, 4) is 45.6 Å². The third-order valence-corrected chi connectivity index (χ3v) is 7.05. The van der Waals surface area contributed by atoms with E-state index in [0.29, 0.717) is 38.9 Å². The monoisotopic (exact) mass is 536 g/mol. The first-order chi connectivity index (χ1) is 18.8. The molecule has 0 unspecified atom stereocenters. The molecule has 0 spiro atoms. The van der Waals surface area contributed by atoms with Gasteiger partial charge in [-0.3, -0.25) is 4.79 Å². The third-order valence-electron chi connectivity index (χ3n) is 6.80. The van der Waals surface area contributed by atoms with E-state index >= 15 is 0 Å². The lowest BCUT2D eigenvalue weighted by atomic mass is 9.97. The number of Topliss-reactive ketones (excluding diaryl/α,β-unsaturated/α-hetero) is 1. The van der Waals surface area contributed by atoms with Gasteiger partial charge in [-0.1, -0.05) is 23.7 Å². The molecule has 7 nitrogen and oxygen atoms in total. The van der Waals surface area contributed by atoms with Crippen LogP contribution in [0.5, 0.6) is 11.5 Å². The fraction of sp³-hybridized carbons (Fsp3) is 0.129. The Morgan fingerprint density at radius 3 is 2.28 bits per heavy atom. The molecule has 0 bridgehead atoms. The maximum absolute atomic E-state index is 12.8. The van der Waals surface area contributed by atoms with E-state index in [-0.39, 0.29) is 17.2 Å². The number of rotatable bonds is 6. The minimum atomic E-state index is -0.0532. The van der Waals surface area contributed by atoms with E-state index in [1.54, 1.807) is 21.1 Å². The Labute approximate surface area is 231 Å². The number of hydrogen-bond acceptors (Lipinski definition) is 6. The van der Waals surface area contributed by atoms with Crippen molar-refractivity contribution in [1.29, 1.82) is 5.26 Å². The van der Waals surface area contributed by atoms with Crippen LogP contribution in [0, 0.1) is 18.3 Å². The van der Waals surface area contributed by atoms with E-state index in [1.807, 2.05) is 78.2 Å². The molecule has 0 aliphatic carbocycles. The molecule has 2 aromatic heterocycles. The zero-order chi connectivity index (χ0) is 27.8.